The zero-order valence-corrected chi connectivity index (χ0v) is 16.5. The van der Waals surface area contributed by atoms with Gasteiger partial charge >= 0.3 is 0 Å². The molecule has 0 saturated carbocycles. The molecular weight excluding hydrogens is 356 g/mol. The highest BCUT2D eigenvalue weighted by atomic mass is 32.1. The van der Waals surface area contributed by atoms with E-state index in [0.717, 1.165) is 47.6 Å². The summed E-state index contributed by atoms with van der Waals surface area (Å²) >= 11 is 1.56. The van der Waals surface area contributed by atoms with Crippen LogP contribution in [-0.4, -0.2) is 31.6 Å². The van der Waals surface area contributed by atoms with Gasteiger partial charge in [0, 0.05) is 6.54 Å². The van der Waals surface area contributed by atoms with Gasteiger partial charge in [0.05, 0.1) is 24.1 Å². The molecule has 0 bridgehead atoms. The van der Waals surface area contributed by atoms with Crippen molar-refractivity contribution in [1.82, 2.24) is 25.1 Å². The van der Waals surface area contributed by atoms with Crippen molar-refractivity contribution in [3.05, 3.63) is 58.5 Å². The Hall–Kier alpha value is -2.38. The standard InChI is InChI=1S/C20H24N6S/c1-3-19-24-25-20(27-19)23-18-12-21-11-16(22-18)17-9-6-10-26(17)13-15-8-5-4-7-14(15)2/h4-5,7-8,11-12,17H,3,6,9-10,13H2,1-2H3,(H,22,23,25)/t17-/m0/s1. The molecule has 0 amide bonds. The van der Waals surface area contributed by atoms with Crippen LogP contribution in [0.25, 0.3) is 0 Å². The molecule has 4 rings (SSSR count). The molecule has 0 spiro atoms. The normalized spacial score (nSPS) is 17.3. The summed E-state index contributed by atoms with van der Waals surface area (Å²) in [5, 5.41) is 13.3. The number of nitrogens with one attached hydrogen (secondary N) is 1. The summed E-state index contributed by atoms with van der Waals surface area (Å²) in [5.74, 6) is 0.731. The molecule has 1 aromatic carbocycles. The topological polar surface area (TPSA) is 66.8 Å². The third kappa shape index (κ3) is 4.14. The molecule has 7 heteroatoms. The molecule has 0 aliphatic carbocycles. The highest BCUT2D eigenvalue weighted by Crippen LogP contribution is 2.33. The predicted octanol–water partition coefficient (Wildman–Crippen LogP) is 4.28. The van der Waals surface area contributed by atoms with Gasteiger partial charge < -0.3 is 5.32 Å². The van der Waals surface area contributed by atoms with Gasteiger partial charge in [0.1, 0.15) is 5.01 Å². The lowest BCUT2D eigenvalue weighted by Crippen LogP contribution is -2.24. The van der Waals surface area contributed by atoms with E-state index in [9.17, 15) is 0 Å². The zero-order valence-electron chi connectivity index (χ0n) is 15.7. The first-order valence-electron chi connectivity index (χ1n) is 9.43. The van der Waals surface area contributed by atoms with E-state index in [2.05, 4.69) is 63.5 Å². The van der Waals surface area contributed by atoms with Crippen LogP contribution in [0.15, 0.2) is 36.7 Å². The number of aryl methyl sites for hydroxylation is 2. The third-order valence-corrected chi connectivity index (χ3v) is 5.98. The van der Waals surface area contributed by atoms with E-state index >= 15 is 0 Å². The van der Waals surface area contributed by atoms with E-state index in [1.54, 1.807) is 17.5 Å². The second kappa shape index (κ2) is 8.10. The second-order valence-electron chi connectivity index (χ2n) is 6.86. The fourth-order valence-electron chi connectivity index (χ4n) is 3.52. The SMILES string of the molecule is CCc1nnc(Nc2cncc([C@@H]3CCCN3Cc3ccccc3C)n2)s1. The van der Waals surface area contributed by atoms with Crippen LogP contribution in [0.4, 0.5) is 10.9 Å². The largest absolute Gasteiger partial charge is 0.313 e. The summed E-state index contributed by atoms with van der Waals surface area (Å²) in [6, 6.07) is 8.91. The van der Waals surface area contributed by atoms with E-state index < -0.39 is 0 Å². The molecular formula is C20H24N6S. The molecule has 1 N–H and O–H groups in total. The Kier molecular flexibility index (Phi) is 5.40. The number of likely N-dealkylation sites (tertiary alicyclic amines) is 1. The maximum absolute atomic E-state index is 4.82. The molecule has 3 aromatic rings. The first-order chi connectivity index (χ1) is 13.2. The van der Waals surface area contributed by atoms with Gasteiger partial charge in [-0.3, -0.25) is 9.88 Å². The minimum absolute atomic E-state index is 0.305. The number of nitrogens with zero attached hydrogens (tertiary/aromatic N) is 5. The van der Waals surface area contributed by atoms with Gasteiger partial charge in [-0.15, -0.1) is 10.2 Å². The van der Waals surface area contributed by atoms with E-state index in [4.69, 9.17) is 4.98 Å². The van der Waals surface area contributed by atoms with Gasteiger partial charge in [0.25, 0.3) is 0 Å². The smallest absolute Gasteiger partial charge is 0.211 e. The minimum atomic E-state index is 0.305. The van der Waals surface area contributed by atoms with Crippen molar-refractivity contribution in [3.63, 3.8) is 0 Å². The van der Waals surface area contributed by atoms with Crippen LogP contribution in [-0.2, 0) is 13.0 Å². The van der Waals surface area contributed by atoms with Crippen LogP contribution in [0.5, 0.6) is 0 Å². The Balaban J connectivity index is 1.51. The first kappa shape index (κ1) is 18.0. The summed E-state index contributed by atoms with van der Waals surface area (Å²) < 4.78 is 0. The molecule has 1 atom stereocenters. The molecule has 6 nitrogen and oxygen atoms in total. The molecule has 2 aromatic heterocycles. The maximum atomic E-state index is 4.82. The van der Waals surface area contributed by atoms with E-state index in [0.29, 0.717) is 6.04 Å². The fourth-order valence-corrected chi connectivity index (χ4v) is 4.20. The van der Waals surface area contributed by atoms with Crippen LogP contribution >= 0.6 is 11.3 Å². The van der Waals surface area contributed by atoms with Gasteiger partial charge in [-0.1, -0.05) is 42.5 Å². The number of aromatic nitrogens is 4. The van der Waals surface area contributed by atoms with E-state index in [-0.39, 0.29) is 0 Å². The Morgan fingerprint density at radius 2 is 2.11 bits per heavy atom. The van der Waals surface area contributed by atoms with Gasteiger partial charge in [-0.05, 0) is 43.9 Å². The highest BCUT2D eigenvalue weighted by Gasteiger charge is 2.28. The van der Waals surface area contributed by atoms with E-state index in [1.165, 1.54) is 17.5 Å². The maximum Gasteiger partial charge on any atom is 0.211 e. The van der Waals surface area contributed by atoms with E-state index in [1.807, 2.05) is 6.20 Å². The third-order valence-electron chi connectivity index (χ3n) is 5.00. The van der Waals surface area contributed by atoms with Crippen LogP contribution < -0.4 is 5.32 Å². The number of benzene rings is 1. The van der Waals surface area contributed by atoms with Gasteiger partial charge in [0.15, 0.2) is 5.82 Å². The Morgan fingerprint density at radius 3 is 2.93 bits per heavy atom. The first-order valence-corrected chi connectivity index (χ1v) is 10.2. The lowest BCUT2D eigenvalue weighted by atomic mass is 10.1. The molecule has 1 aliphatic rings. The predicted molar refractivity (Wildman–Crippen MR) is 108 cm³/mol. The Bertz CT molecular complexity index is 909. The number of rotatable bonds is 6. The summed E-state index contributed by atoms with van der Waals surface area (Å²) in [5.41, 5.74) is 3.74. The van der Waals surface area contributed by atoms with Crippen molar-refractivity contribution >= 4 is 22.3 Å². The van der Waals surface area contributed by atoms with Gasteiger partial charge in [0.2, 0.25) is 5.13 Å². The molecule has 3 heterocycles. The van der Waals surface area contributed by atoms with Crippen LogP contribution in [0.3, 0.4) is 0 Å². The Labute approximate surface area is 163 Å². The van der Waals surface area contributed by atoms with Gasteiger partial charge in [-0.25, -0.2) is 4.98 Å². The molecule has 0 radical (unpaired) electrons. The molecule has 27 heavy (non-hydrogen) atoms. The van der Waals surface area contributed by atoms with Crippen molar-refractivity contribution < 1.29 is 0 Å². The Morgan fingerprint density at radius 1 is 1.22 bits per heavy atom. The molecule has 1 saturated heterocycles. The average molecular weight is 381 g/mol. The van der Waals surface area contributed by atoms with Crippen molar-refractivity contribution in [1.29, 1.82) is 0 Å². The quantitative estimate of drug-likeness (QED) is 0.688. The molecule has 1 fully saturated rings. The lowest BCUT2D eigenvalue weighted by Gasteiger charge is -2.24. The zero-order chi connectivity index (χ0) is 18.6. The fraction of sp³-hybridized carbons (Fsp3) is 0.400. The van der Waals surface area contributed by atoms with Gasteiger partial charge in [-0.2, -0.15) is 0 Å². The van der Waals surface area contributed by atoms with Crippen molar-refractivity contribution in [2.75, 3.05) is 11.9 Å². The molecule has 1 aliphatic heterocycles. The number of hydrogen-bond acceptors (Lipinski definition) is 7. The van der Waals surface area contributed by atoms with Crippen molar-refractivity contribution in [2.45, 2.75) is 45.7 Å². The highest BCUT2D eigenvalue weighted by molar-refractivity contribution is 7.15. The summed E-state index contributed by atoms with van der Waals surface area (Å²) in [6.07, 6.45) is 6.83. The minimum Gasteiger partial charge on any atom is -0.313 e. The number of hydrogen-bond donors (Lipinski definition) is 1. The van der Waals surface area contributed by atoms with Crippen LogP contribution in [0.1, 0.15) is 47.6 Å². The number of anilines is 2. The average Bonchev–Trinajstić information content (AvgIpc) is 3.33. The van der Waals surface area contributed by atoms with Crippen molar-refractivity contribution in [2.24, 2.45) is 0 Å². The lowest BCUT2D eigenvalue weighted by molar-refractivity contribution is 0.243. The molecule has 140 valence electrons. The van der Waals surface area contributed by atoms with Crippen molar-refractivity contribution in [3.8, 4) is 0 Å². The second-order valence-corrected chi connectivity index (χ2v) is 7.93. The van der Waals surface area contributed by atoms with Crippen LogP contribution in [0, 0.1) is 6.92 Å². The summed E-state index contributed by atoms with van der Waals surface area (Å²) in [6.45, 7) is 6.30. The van der Waals surface area contributed by atoms with Crippen LogP contribution in [0.2, 0.25) is 0 Å². The summed E-state index contributed by atoms with van der Waals surface area (Å²) in [7, 11) is 0. The molecule has 0 unspecified atom stereocenters. The monoisotopic (exact) mass is 380 g/mol. The summed E-state index contributed by atoms with van der Waals surface area (Å²) in [4.78, 5) is 11.7.